The molecule has 2 amide bonds. The van der Waals surface area contributed by atoms with Gasteiger partial charge in [0.25, 0.3) is 0 Å². The van der Waals surface area contributed by atoms with Crippen molar-refractivity contribution < 1.29 is 19.1 Å². The van der Waals surface area contributed by atoms with Crippen LogP contribution in [-0.4, -0.2) is 40.4 Å². The first kappa shape index (κ1) is 17.5. The molecule has 2 heterocycles. The Morgan fingerprint density at radius 2 is 2.22 bits per heavy atom. The zero-order valence-corrected chi connectivity index (χ0v) is 13.8. The fourth-order valence-corrected chi connectivity index (χ4v) is 3.18. The average molecular weight is 322 g/mol. The SMILES string of the molecule is CC(=O)NC(C)C(=O)N1CCCCCC1CC(O)c1ccco1. The lowest BCUT2D eigenvalue weighted by Gasteiger charge is -2.33. The predicted octanol–water partition coefficient (Wildman–Crippen LogP) is 2.00. The van der Waals surface area contributed by atoms with Crippen LogP contribution in [0, 0.1) is 0 Å². The second-order valence-corrected chi connectivity index (χ2v) is 6.22. The maximum Gasteiger partial charge on any atom is 0.245 e. The first-order valence-electron chi connectivity index (χ1n) is 8.28. The highest BCUT2D eigenvalue weighted by Crippen LogP contribution is 2.27. The van der Waals surface area contributed by atoms with Crippen LogP contribution in [0.2, 0.25) is 0 Å². The van der Waals surface area contributed by atoms with E-state index in [0.29, 0.717) is 18.7 Å². The average Bonchev–Trinajstić information content (AvgIpc) is 2.94. The Bertz CT molecular complexity index is 515. The van der Waals surface area contributed by atoms with Gasteiger partial charge in [-0.15, -0.1) is 0 Å². The molecule has 3 unspecified atom stereocenters. The van der Waals surface area contributed by atoms with Crippen LogP contribution in [0.25, 0.3) is 0 Å². The summed E-state index contributed by atoms with van der Waals surface area (Å²) in [5.74, 6) is 0.225. The quantitative estimate of drug-likeness (QED) is 0.868. The molecule has 2 rings (SSSR count). The van der Waals surface area contributed by atoms with E-state index in [1.54, 1.807) is 19.1 Å². The minimum atomic E-state index is -0.723. The van der Waals surface area contributed by atoms with Crippen molar-refractivity contribution in [1.29, 1.82) is 0 Å². The van der Waals surface area contributed by atoms with Crippen LogP contribution in [0.15, 0.2) is 22.8 Å². The third kappa shape index (κ3) is 4.82. The molecule has 0 aromatic carbocycles. The molecule has 3 atom stereocenters. The number of hydrogen-bond acceptors (Lipinski definition) is 4. The summed E-state index contributed by atoms with van der Waals surface area (Å²) in [5, 5.41) is 13.0. The van der Waals surface area contributed by atoms with E-state index < -0.39 is 12.1 Å². The summed E-state index contributed by atoms with van der Waals surface area (Å²) in [6.45, 7) is 3.78. The van der Waals surface area contributed by atoms with Gasteiger partial charge in [0.05, 0.1) is 6.26 Å². The van der Waals surface area contributed by atoms with E-state index in [1.807, 2.05) is 4.90 Å². The van der Waals surface area contributed by atoms with Gasteiger partial charge in [0.1, 0.15) is 17.9 Å². The van der Waals surface area contributed by atoms with Crippen molar-refractivity contribution in [3.63, 3.8) is 0 Å². The van der Waals surface area contributed by atoms with E-state index >= 15 is 0 Å². The predicted molar refractivity (Wildman–Crippen MR) is 85.5 cm³/mol. The van der Waals surface area contributed by atoms with Crippen molar-refractivity contribution in [2.45, 2.75) is 64.1 Å². The largest absolute Gasteiger partial charge is 0.467 e. The van der Waals surface area contributed by atoms with Gasteiger partial charge in [-0.05, 0) is 31.9 Å². The molecule has 1 aromatic heterocycles. The Morgan fingerprint density at radius 3 is 2.87 bits per heavy atom. The number of nitrogens with zero attached hydrogens (tertiary/aromatic N) is 1. The zero-order chi connectivity index (χ0) is 16.8. The van der Waals surface area contributed by atoms with Gasteiger partial charge in [-0.25, -0.2) is 0 Å². The smallest absolute Gasteiger partial charge is 0.245 e. The van der Waals surface area contributed by atoms with Crippen LogP contribution in [-0.2, 0) is 9.59 Å². The summed E-state index contributed by atoms with van der Waals surface area (Å²) in [6.07, 6.45) is 5.18. The molecule has 2 N–H and O–H groups in total. The molecule has 0 saturated carbocycles. The van der Waals surface area contributed by atoms with Gasteiger partial charge in [0, 0.05) is 25.9 Å². The summed E-state index contributed by atoms with van der Waals surface area (Å²) >= 11 is 0. The third-order valence-corrected chi connectivity index (χ3v) is 4.32. The maximum absolute atomic E-state index is 12.7. The van der Waals surface area contributed by atoms with Crippen LogP contribution >= 0.6 is 0 Å². The van der Waals surface area contributed by atoms with Gasteiger partial charge >= 0.3 is 0 Å². The highest BCUT2D eigenvalue weighted by atomic mass is 16.4. The molecule has 128 valence electrons. The van der Waals surface area contributed by atoms with Gasteiger partial charge < -0.3 is 19.7 Å². The Labute approximate surface area is 136 Å². The van der Waals surface area contributed by atoms with E-state index in [9.17, 15) is 14.7 Å². The Balaban J connectivity index is 2.06. The first-order valence-corrected chi connectivity index (χ1v) is 8.28. The molecule has 0 aliphatic carbocycles. The molecule has 1 aliphatic rings. The Morgan fingerprint density at radius 1 is 1.43 bits per heavy atom. The second-order valence-electron chi connectivity index (χ2n) is 6.22. The molecule has 6 heteroatoms. The van der Waals surface area contributed by atoms with Crippen molar-refractivity contribution in [3.8, 4) is 0 Å². The molecule has 1 aromatic rings. The first-order chi connectivity index (χ1) is 11.0. The lowest BCUT2D eigenvalue weighted by molar-refractivity contribution is -0.138. The molecule has 1 aliphatic heterocycles. The van der Waals surface area contributed by atoms with Crippen molar-refractivity contribution in [3.05, 3.63) is 24.2 Å². The molecule has 0 spiro atoms. The van der Waals surface area contributed by atoms with E-state index in [2.05, 4.69) is 5.32 Å². The summed E-state index contributed by atoms with van der Waals surface area (Å²) < 4.78 is 5.25. The Hall–Kier alpha value is -1.82. The monoisotopic (exact) mass is 322 g/mol. The standard InChI is InChI=1S/C17H26N2O4/c1-12(18-13(2)20)17(22)19-9-5-3-4-7-14(19)11-15(21)16-8-6-10-23-16/h6,8,10,12,14-15,21H,3-5,7,9,11H2,1-2H3,(H,18,20). The molecule has 0 bridgehead atoms. The normalized spacial score (nSPS) is 21.3. The van der Waals surface area contributed by atoms with Crippen molar-refractivity contribution in [2.24, 2.45) is 0 Å². The lowest BCUT2D eigenvalue weighted by Crippen LogP contribution is -2.50. The van der Waals surface area contributed by atoms with Crippen LogP contribution in [0.4, 0.5) is 0 Å². The minimum Gasteiger partial charge on any atom is -0.467 e. The van der Waals surface area contributed by atoms with E-state index in [-0.39, 0.29) is 17.9 Å². The highest BCUT2D eigenvalue weighted by molar-refractivity contribution is 5.86. The van der Waals surface area contributed by atoms with Crippen LogP contribution in [0.3, 0.4) is 0 Å². The van der Waals surface area contributed by atoms with Gasteiger partial charge in [-0.2, -0.15) is 0 Å². The topological polar surface area (TPSA) is 82.8 Å². The van der Waals surface area contributed by atoms with Gasteiger partial charge in [-0.1, -0.05) is 12.8 Å². The fraction of sp³-hybridized carbons (Fsp3) is 0.647. The maximum atomic E-state index is 12.7. The molecular formula is C17H26N2O4. The van der Waals surface area contributed by atoms with Crippen LogP contribution in [0.1, 0.15) is 57.8 Å². The summed E-state index contributed by atoms with van der Waals surface area (Å²) in [4.78, 5) is 25.7. The number of amides is 2. The molecule has 1 saturated heterocycles. The summed E-state index contributed by atoms with van der Waals surface area (Å²) in [6, 6.07) is 2.90. The number of carbonyl (C=O) groups is 2. The van der Waals surface area contributed by atoms with E-state index in [0.717, 1.165) is 25.7 Å². The summed E-state index contributed by atoms with van der Waals surface area (Å²) in [5.41, 5.74) is 0. The lowest BCUT2D eigenvalue weighted by atomic mass is 10.0. The molecular weight excluding hydrogens is 296 g/mol. The van der Waals surface area contributed by atoms with E-state index in [1.165, 1.54) is 13.2 Å². The molecule has 0 radical (unpaired) electrons. The Kier molecular flexibility index (Phi) is 6.21. The molecule has 6 nitrogen and oxygen atoms in total. The number of likely N-dealkylation sites (tertiary alicyclic amines) is 1. The van der Waals surface area contributed by atoms with Crippen molar-refractivity contribution in [2.75, 3.05) is 6.54 Å². The fourth-order valence-electron chi connectivity index (χ4n) is 3.18. The van der Waals surface area contributed by atoms with Crippen molar-refractivity contribution >= 4 is 11.8 Å². The number of nitrogens with one attached hydrogen (secondary N) is 1. The van der Waals surface area contributed by atoms with Gasteiger partial charge in [0.15, 0.2) is 0 Å². The number of rotatable bonds is 5. The molecule has 23 heavy (non-hydrogen) atoms. The van der Waals surface area contributed by atoms with Crippen molar-refractivity contribution in [1.82, 2.24) is 10.2 Å². The molecule has 1 fully saturated rings. The highest BCUT2D eigenvalue weighted by Gasteiger charge is 2.31. The van der Waals surface area contributed by atoms with Gasteiger partial charge in [-0.3, -0.25) is 9.59 Å². The summed E-state index contributed by atoms with van der Waals surface area (Å²) in [7, 11) is 0. The number of furan rings is 1. The minimum absolute atomic E-state index is 0.0405. The third-order valence-electron chi connectivity index (χ3n) is 4.32. The number of aliphatic hydroxyl groups excluding tert-OH is 1. The van der Waals surface area contributed by atoms with Crippen LogP contribution < -0.4 is 5.32 Å². The number of hydrogen-bond donors (Lipinski definition) is 2. The second kappa shape index (κ2) is 8.15. The number of aliphatic hydroxyl groups is 1. The zero-order valence-electron chi connectivity index (χ0n) is 13.8. The van der Waals surface area contributed by atoms with Gasteiger partial charge in [0.2, 0.25) is 11.8 Å². The van der Waals surface area contributed by atoms with Crippen LogP contribution in [0.5, 0.6) is 0 Å². The number of carbonyl (C=O) groups excluding carboxylic acids is 2. The van der Waals surface area contributed by atoms with E-state index in [4.69, 9.17) is 4.42 Å².